The highest BCUT2D eigenvalue weighted by molar-refractivity contribution is 6.10. The molecule has 0 bridgehead atoms. The van der Waals surface area contributed by atoms with Gasteiger partial charge < -0.3 is 20.5 Å². The first-order valence-corrected chi connectivity index (χ1v) is 8.94. The molecule has 1 rings (SSSR count). The van der Waals surface area contributed by atoms with E-state index in [1.807, 2.05) is 13.8 Å². The monoisotopic (exact) mass is 376 g/mol. The molecule has 7 nitrogen and oxygen atoms in total. The van der Waals surface area contributed by atoms with E-state index < -0.39 is 17.9 Å². The van der Waals surface area contributed by atoms with Crippen molar-refractivity contribution in [3.8, 4) is 0 Å². The van der Waals surface area contributed by atoms with Gasteiger partial charge in [-0.15, -0.1) is 0 Å². The molecule has 1 unspecified atom stereocenters. The Morgan fingerprint density at radius 3 is 1.78 bits per heavy atom. The number of Topliss-reactive ketones (excluding diaryl/α,β-unsaturated/α-hetero) is 1. The molecule has 0 aromatic heterocycles. The molecular formula is C20H28N2O5. The Morgan fingerprint density at radius 2 is 1.37 bits per heavy atom. The summed E-state index contributed by atoms with van der Waals surface area (Å²) in [5.41, 5.74) is 3.54. The van der Waals surface area contributed by atoms with Gasteiger partial charge in [0.1, 0.15) is 11.8 Å². The second kappa shape index (κ2) is 9.30. The first-order chi connectivity index (χ1) is 12.5. The number of nitrogens with one attached hydrogen (secondary N) is 2. The second-order valence-electron chi connectivity index (χ2n) is 6.71. The van der Waals surface area contributed by atoms with Crippen LogP contribution in [0.5, 0.6) is 0 Å². The highest BCUT2D eigenvalue weighted by Gasteiger charge is 2.28. The van der Waals surface area contributed by atoms with Gasteiger partial charge in [0, 0.05) is 13.0 Å². The average molecular weight is 376 g/mol. The fourth-order valence-corrected chi connectivity index (χ4v) is 2.96. The Morgan fingerprint density at radius 1 is 0.889 bits per heavy atom. The Labute approximate surface area is 159 Å². The minimum absolute atomic E-state index is 0.00420. The van der Waals surface area contributed by atoms with E-state index in [0.717, 1.165) is 11.1 Å². The predicted molar refractivity (Wildman–Crippen MR) is 102 cm³/mol. The third-order valence-electron chi connectivity index (χ3n) is 4.87. The third-order valence-corrected chi connectivity index (χ3v) is 4.87. The summed E-state index contributed by atoms with van der Waals surface area (Å²) in [6.45, 7) is 10.8. The average Bonchev–Trinajstić information content (AvgIpc) is 2.58. The van der Waals surface area contributed by atoms with Crippen molar-refractivity contribution in [2.24, 2.45) is 0 Å². The fraction of sp³-hybridized carbons (Fsp3) is 0.500. The van der Waals surface area contributed by atoms with E-state index in [4.69, 9.17) is 0 Å². The lowest BCUT2D eigenvalue weighted by molar-refractivity contribution is -0.139. The van der Waals surface area contributed by atoms with Crippen LogP contribution in [0.25, 0.3) is 0 Å². The number of carboxylic acids is 1. The van der Waals surface area contributed by atoms with E-state index in [1.165, 1.54) is 6.92 Å². The number of carbonyl (C=O) groups is 4. The smallest absolute Gasteiger partial charge is 0.326 e. The molecule has 1 atom stereocenters. The summed E-state index contributed by atoms with van der Waals surface area (Å²) in [5, 5.41) is 14.5. The Balaban J connectivity index is 3.41. The van der Waals surface area contributed by atoms with Gasteiger partial charge in [-0.2, -0.15) is 0 Å². The molecule has 3 N–H and O–H groups in total. The lowest BCUT2D eigenvalue weighted by atomic mass is 9.87. The molecule has 2 amide bonds. The van der Waals surface area contributed by atoms with Crippen LogP contribution in [0.1, 0.15) is 69.7 Å². The molecule has 0 aliphatic heterocycles. The Hall–Kier alpha value is -2.70. The quantitative estimate of drug-likeness (QED) is 0.644. The summed E-state index contributed by atoms with van der Waals surface area (Å²) in [4.78, 5) is 48.2. The van der Waals surface area contributed by atoms with Crippen molar-refractivity contribution in [1.29, 1.82) is 0 Å². The van der Waals surface area contributed by atoms with Crippen molar-refractivity contribution in [3.63, 3.8) is 0 Å². The van der Waals surface area contributed by atoms with E-state index in [2.05, 4.69) is 10.6 Å². The van der Waals surface area contributed by atoms with Gasteiger partial charge in [0.25, 0.3) is 11.8 Å². The van der Waals surface area contributed by atoms with Crippen LogP contribution in [0.4, 0.5) is 0 Å². The molecule has 0 spiro atoms. The van der Waals surface area contributed by atoms with Crippen LogP contribution >= 0.6 is 0 Å². The summed E-state index contributed by atoms with van der Waals surface area (Å²) in [6.07, 6.45) is 0.0428. The van der Waals surface area contributed by atoms with E-state index in [-0.39, 0.29) is 35.7 Å². The largest absolute Gasteiger partial charge is 0.480 e. The minimum Gasteiger partial charge on any atom is -0.480 e. The molecular weight excluding hydrogens is 348 g/mol. The van der Waals surface area contributed by atoms with Crippen molar-refractivity contribution >= 4 is 23.6 Å². The van der Waals surface area contributed by atoms with Crippen molar-refractivity contribution in [3.05, 3.63) is 33.4 Å². The summed E-state index contributed by atoms with van der Waals surface area (Å²) < 4.78 is 0. The molecule has 148 valence electrons. The predicted octanol–water partition coefficient (Wildman–Crippen LogP) is 2.22. The summed E-state index contributed by atoms with van der Waals surface area (Å²) in [6, 6.07) is -1.20. The maximum Gasteiger partial charge on any atom is 0.326 e. The van der Waals surface area contributed by atoms with Gasteiger partial charge in [0.15, 0.2) is 0 Å². The fourth-order valence-electron chi connectivity index (χ4n) is 2.96. The van der Waals surface area contributed by atoms with Gasteiger partial charge in [-0.1, -0.05) is 0 Å². The highest BCUT2D eigenvalue weighted by atomic mass is 16.4. The van der Waals surface area contributed by atoms with Crippen molar-refractivity contribution in [2.75, 3.05) is 6.54 Å². The van der Waals surface area contributed by atoms with Gasteiger partial charge in [-0.3, -0.25) is 9.59 Å². The molecule has 1 aromatic rings. The van der Waals surface area contributed by atoms with Crippen LogP contribution in [0.15, 0.2) is 0 Å². The van der Waals surface area contributed by atoms with Crippen molar-refractivity contribution in [2.45, 2.75) is 60.4 Å². The first-order valence-electron chi connectivity index (χ1n) is 8.94. The number of hydrogen-bond acceptors (Lipinski definition) is 4. The maximum absolute atomic E-state index is 12.9. The number of hydrogen-bond donors (Lipinski definition) is 3. The van der Waals surface area contributed by atoms with E-state index in [0.29, 0.717) is 17.7 Å². The van der Waals surface area contributed by atoms with Crippen LogP contribution in [0.3, 0.4) is 0 Å². The number of amides is 2. The molecule has 0 aliphatic carbocycles. The summed E-state index contributed by atoms with van der Waals surface area (Å²) in [7, 11) is 0. The Kier molecular flexibility index (Phi) is 7.69. The van der Waals surface area contributed by atoms with Crippen LogP contribution in [0, 0.1) is 27.7 Å². The third kappa shape index (κ3) is 5.15. The van der Waals surface area contributed by atoms with Gasteiger partial charge in [-0.25, -0.2) is 4.79 Å². The van der Waals surface area contributed by atoms with Crippen LogP contribution in [-0.2, 0) is 9.59 Å². The molecule has 0 radical (unpaired) electrons. The van der Waals surface area contributed by atoms with Gasteiger partial charge in [-0.05, 0) is 70.2 Å². The molecule has 0 fully saturated rings. The number of rotatable bonds is 8. The maximum atomic E-state index is 12.9. The first kappa shape index (κ1) is 22.3. The molecule has 0 heterocycles. The SMILES string of the molecule is CCNC(=O)c1c(C)c(C)c(C)c(C)c1C(=O)NC(CCC(C)=O)C(=O)O. The molecule has 1 aromatic carbocycles. The minimum atomic E-state index is -1.22. The number of carboxylic acid groups (broad SMARTS) is 1. The van der Waals surface area contributed by atoms with Gasteiger partial charge >= 0.3 is 5.97 Å². The number of carbonyl (C=O) groups excluding carboxylic acids is 3. The highest BCUT2D eigenvalue weighted by Crippen LogP contribution is 2.27. The number of ketones is 1. The zero-order valence-corrected chi connectivity index (χ0v) is 16.8. The van der Waals surface area contributed by atoms with Crippen LogP contribution in [-0.4, -0.2) is 41.3 Å². The van der Waals surface area contributed by atoms with Crippen LogP contribution < -0.4 is 10.6 Å². The summed E-state index contributed by atoms with van der Waals surface area (Å²) >= 11 is 0. The van der Waals surface area contributed by atoms with E-state index >= 15 is 0 Å². The number of aliphatic carboxylic acids is 1. The van der Waals surface area contributed by atoms with Crippen molar-refractivity contribution in [1.82, 2.24) is 10.6 Å². The molecule has 7 heteroatoms. The normalized spacial score (nSPS) is 11.6. The Bertz CT molecular complexity index is 783. The summed E-state index contributed by atoms with van der Waals surface area (Å²) in [5.74, 6) is -2.38. The molecule has 0 saturated carbocycles. The number of benzene rings is 1. The molecule has 0 saturated heterocycles. The lowest BCUT2D eigenvalue weighted by Gasteiger charge is -2.21. The second-order valence-corrected chi connectivity index (χ2v) is 6.71. The van der Waals surface area contributed by atoms with Gasteiger partial charge in [0.05, 0.1) is 11.1 Å². The van der Waals surface area contributed by atoms with Crippen molar-refractivity contribution < 1.29 is 24.3 Å². The van der Waals surface area contributed by atoms with E-state index in [9.17, 15) is 24.3 Å². The van der Waals surface area contributed by atoms with Gasteiger partial charge in [0.2, 0.25) is 0 Å². The molecule has 27 heavy (non-hydrogen) atoms. The van der Waals surface area contributed by atoms with Crippen LogP contribution in [0.2, 0.25) is 0 Å². The zero-order valence-electron chi connectivity index (χ0n) is 16.8. The van der Waals surface area contributed by atoms with E-state index in [1.54, 1.807) is 20.8 Å². The topological polar surface area (TPSA) is 113 Å². The standard InChI is InChI=1S/C20H28N2O5/c1-7-21-18(24)16-13(5)11(3)12(4)14(6)17(16)19(25)22-15(20(26)27)9-8-10(2)23/h15H,7-9H2,1-6H3,(H,21,24)(H,22,25)(H,26,27). The lowest BCUT2D eigenvalue weighted by Crippen LogP contribution is -2.42. The molecule has 0 aliphatic rings. The zero-order chi connectivity index (χ0) is 20.9.